The van der Waals surface area contributed by atoms with Crippen molar-refractivity contribution in [2.45, 2.75) is 32.7 Å². The van der Waals surface area contributed by atoms with Crippen LogP contribution in [0.2, 0.25) is 0 Å². The molecule has 1 aromatic carbocycles. The van der Waals surface area contributed by atoms with Gasteiger partial charge in [0.05, 0.1) is 0 Å². The standard InChI is InChI=1S/C13H15F2NO3/c1-7-3-8(2)5-9(4-7)12(17)16-10(13(18)19)6-11(14)15/h3-5,10-11H,6H2,1-2H3,(H,16,17)(H,18,19). The second kappa shape index (κ2) is 6.26. The maximum absolute atomic E-state index is 12.2. The van der Waals surface area contributed by atoms with E-state index in [2.05, 4.69) is 5.32 Å². The number of rotatable bonds is 5. The van der Waals surface area contributed by atoms with Crippen LogP contribution in [-0.4, -0.2) is 29.5 Å². The number of benzene rings is 1. The number of aliphatic carboxylic acids is 1. The van der Waals surface area contributed by atoms with Gasteiger partial charge in [-0.1, -0.05) is 17.2 Å². The fourth-order valence-electron chi connectivity index (χ4n) is 1.75. The van der Waals surface area contributed by atoms with Crippen molar-refractivity contribution in [3.8, 4) is 0 Å². The van der Waals surface area contributed by atoms with Crippen LogP contribution < -0.4 is 5.32 Å². The second-order valence-corrected chi connectivity index (χ2v) is 4.37. The fraction of sp³-hybridized carbons (Fsp3) is 0.385. The van der Waals surface area contributed by atoms with Crippen molar-refractivity contribution in [1.82, 2.24) is 5.32 Å². The van der Waals surface area contributed by atoms with Gasteiger partial charge in [-0.2, -0.15) is 0 Å². The molecular weight excluding hydrogens is 256 g/mol. The first-order valence-electron chi connectivity index (χ1n) is 5.69. The zero-order valence-electron chi connectivity index (χ0n) is 10.6. The Morgan fingerprint density at radius 3 is 2.16 bits per heavy atom. The Kier molecular flexibility index (Phi) is 4.97. The zero-order valence-corrected chi connectivity index (χ0v) is 10.6. The van der Waals surface area contributed by atoms with Crippen molar-refractivity contribution >= 4 is 11.9 Å². The summed E-state index contributed by atoms with van der Waals surface area (Å²) in [5, 5.41) is 10.9. The molecule has 104 valence electrons. The lowest BCUT2D eigenvalue weighted by Crippen LogP contribution is -2.42. The van der Waals surface area contributed by atoms with Gasteiger partial charge in [-0.25, -0.2) is 13.6 Å². The minimum absolute atomic E-state index is 0.262. The topological polar surface area (TPSA) is 66.4 Å². The Morgan fingerprint density at radius 1 is 1.21 bits per heavy atom. The van der Waals surface area contributed by atoms with Gasteiger partial charge in [-0.15, -0.1) is 0 Å². The number of carboxylic acids is 1. The van der Waals surface area contributed by atoms with Gasteiger partial charge in [-0.05, 0) is 26.0 Å². The molecule has 6 heteroatoms. The molecule has 1 atom stereocenters. The molecule has 1 rings (SSSR count). The average molecular weight is 271 g/mol. The predicted molar refractivity (Wildman–Crippen MR) is 65.4 cm³/mol. The molecule has 0 aliphatic heterocycles. The van der Waals surface area contributed by atoms with Crippen molar-refractivity contribution in [3.63, 3.8) is 0 Å². The molecule has 0 aliphatic carbocycles. The molecule has 0 aliphatic rings. The van der Waals surface area contributed by atoms with E-state index in [-0.39, 0.29) is 5.56 Å². The number of alkyl halides is 2. The highest BCUT2D eigenvalue weighted by molar-refractivity contribution is 5.96. The Bertz CT molecular complexity index is 469. The number of carbonyl (C=O) groups is 2. The molecule has 0 spiro atoms. The molecule has 0 heterocycles. The third kappa shape index (κ3) is 4.65. The minimum Gasteiger partial charge on any atom is -0.480 e. The third-order valence-corrected chi connectivity index (χ3v) is 2.50. The Morgan fingerprint density at radius 2 is 1.74 bits per heavy atom. The Balaban J connectivity index is 2.84. The molecule has 1 unspecified atom stereocenters. The van der Waals surface area contributed by atoms with Crippen molar-refractivity contribution < 1.29 is 23.5 Å². The van der Waals surface area contributed by atoms with E-state index in [1.54, 1.807) is 26.0 Å². The van der Waals surface area contributed by atoms with Gasteiger partial charge in [-0.3, -0.25) is 4.79 Å². The van der Waals surface area contributed by atoms with E-state index in [1.165, 1.54) is 0 Å². The first kappa shape index (κ1) is 15.1. The quantitative estimate of drug-likeness (QED) is 0.862. The third-order valence-electron chi connectivity index (χ3n) is 2.50. The largest absolute Gasteiger partial charge is 0.480 e. The van der Waals surface area contributed by atoms with Gasteiger partial charge in [0, 0.05) is 12.0 Å². The van der Waals surface area contributed by atoms with Crippen molar-refractivity contribution in [2.75, 3.05) is 0 Å². The summed E-state index contributed by atoms with van der Waals surface area (Å²) < 4.78 is 24.4. The highest BCUT2D eigenvalue weighted by atomic mass is 19.3. The summed E-state index contributed by atoms with van der Waals surface area (Å²) >= 11 is 0. The summed E-state index contributed by atoms with van der Waals surface area (Å²) in [6.45, 7) is 3.58. The molecule has 0 saturated heterocycles. The van der Waals surface area contributed by atoms with Crippen LogP contribution in [0.5, 0.6) is 0 Å². The molecular formula is C13H15F2NO3. The van der Waals surface area contributed by atoms with Crippen LogP contribution in [0.1, 0.15) is 27.9 Å². The van der Waals surface area contributed by atoms with E-state index in [1.807, 2.05) is 6.07 Å². The van der Waals surface area contributed by atoms with Gasteiger partial charge >= 0.3 is 5.97 Å². The number of amides is 1. The maximum Gasteiger partial charge on any atom is 0.326 e. The Labute approximate surface area is 109 Å². The SMILES string of the molecule is Cc1cc(C)cc(C(=O)NC(CC(F)F)C(=O)O)c1. The summed E-state index contributed by atoms with van der Waals surface area (Å²) in [7, 11) is 0. The first-order chi connectivity index (χ1) is 8.79. The van der Waals surface area contributed by atoms with Gasteiger partial charge in [0.25, 0.3) is 5.91 Å². The molecule has 0 aromatic heterocycles. The molecule has 1 amide bonds. The van der Waals surface area contributed by atoms with Crippen LogP contribution in [0.15, 0.2) is 18.2 Å². The monoisotopic (exact) mass is 271 g/mol. The predicted octanol–water partition coefficient (Wildman–Crippen LogP) is 2.14. The van der Waals surface area contributed by atoms with Crippen molar-refractivity contribution in [3.05, 3.63) is 34.9 Å². The second-order valence-electron chi connectivity index (χ2n) is 4.37. The summed E-state index contributed by atoms with van der Waals surface area (Å²) in [5.74, 6) is -2.14. The van der Waals surface area contributed by atoms with E-state index >= 15 is 0 Å². The molecule has 4 nitrogen and oxygen atoms in total. The van der Waals surface area contributed by atoms with Crippen LogP contribution in [0, 0.1) is 13.8 Å². The average Bonchev–Trinajstić information content (AvgIpc) is 2.25. The van der Waals surface area contributed by atoms with Crippen LogP contribution in [0.3, 0.4) is 0 Å². The fourth-order valence-corrected chi connectivity index (χ4v) is 1.75. The number of nitrogens with one attached hydrogen (secondary N) is 1. The molecule has 0 saturated carbocycles. The normalized spacial score (nSPS) is 12.3. The van der Waals surface area contributed by atoms with Gasteiger partial charge in [0.15, 0.2) is 0 Å². The van der Waals surface area contributed by atoms with E-state index in [0.29, 0.717) is 0 Å². The van der Waals surface area contributed by atoms with E-state index in [4.69, 9.17) is 5.11 Å². The van der Waals surface area contributed by atoms with Crippen LogP contribution in [-0.2, 0) is 4.79 Å². The van der Waals surface area contributed by atoms with E-state index < -0.39 is 30.8 Å². The number of hydrogen-bond donors (Lipinski definition) is 2. The number of hydrogen-bond acceptors (Lipinski definition) is 2. The van der Waals surface area contributed by atoms with E-state index in [0.717, 1.165) is 11.1 Å². The molecule has 0 fully saturated rings. The highest BCUT2D eigenvalue weighted by Crippen LogP contribution is 2.10. The highest BCUT2D eigenvalue weighted by Gasteiger charge is 2.24. The van der Waals surface area contributed by atoms with E-state index in [9.17, 15) is 18.4 Å². The maximum atomic E-state index is 12.2. The smallest absolute Gasteiger partial charge is 0.326 e. The summed E-state index contributed by atoms with van der Waals surface area (Å²) in [5.41, 5.74) is 1.94. The number of aryl methyl sites for hydroxylation is 2. The molecule has 19 heavy (non-hydrogen) atoms. The number of halogens is 2. The number of carbonyl (C=O) groups excluding carboxylic acids is 1. The summed E-state index contributed by atoms with van der Waals surface area (Å²) in [6.07, 6.45) is -3.70. The lowest BCUT2D eigenvalue weighted by molar-refractivity contribution is -0.140. The molecule has 2 N–H and O–H groups in total. The minimum atomic E-state index is -2.79. The number of carboxylic acid groups (broad SMARTS) is 1. The van der Waals surface area contributed by atoms with Gasteiger partial charge < -0.3 is 10.4 Å². The first-order valence-corrected chi connectivity index (χ1v) is 5.69. The molecule has 0 radical (unpaired) electrons. The molecule has 0 bridgehead atoms. The van der Waals surface area contributed by atoms with Crippen LogP contribution in [0.25, 0.3) is 0 Å². The molecule has 1 aromatic rings. The van der Waals surface area contributed by atoms with Gasteiger partial charge in [0.2, 0.25) is 6.43 Å². The van der Waals surface area contributed by atoms with Crippen LogP contribution in [0.4, 0.5) is 8.78 Å². The Hall–Kier alpha value is -1.98. The van der Waals surface area contributed by atoms with Crippen LogP contribution >= 0.6 is 0 Å². The lowest BCUT2D eigenvalue weighted by Gasteiger charge is -2.14. The zero-order chi connectivity index (χ0) is 14.6. The summed E-state index contributed by atoms with van der Waals surface area (Å²) in [6, 6.07) is 3.41. The van der Waals surface area contributed by atoms with Crippen molar-refractivity contribution in [1.29, 1.82) is 0 Å². The van der Waals surface area contributed by atoms with Gasteiger partial charge in [0.1, 0.15) is 6.04 Å². The lowest BCUT2D eigenvalue weighted by atomic mass is 10.1. The van der Waals surface area contributed by atoms with Crippen molar-refractivity contribution in [2.24, 2.45) is 0 Å². The summed E-state index contributed by atoms with van der Waals surface area (Å²) in [4.78, 5) is 22.6.